The lowest BCUT2D eigenvalue weighted by molar-refractivity contribution is 0.0993. The lowest BCUT2D eigenvalue weighted by Crippen LogP contribution is -2.01. The molecule has 2 aromatic rings. The first-order valence-electron chi connectivity index (χ1n) is 4.30. The normalized spacial score (nSPS) is 10.0. The van der Waals surface area contributed by atoms with E-state index < -0.39 is 0 Å². The number of hydrogen-bond acceptors (Lipinski definition) is 3. The highest BCUT2D eigenvalue weighted by Crippen LogP contribution is 2.10. The van der Waals surface area contributed by atoms with Crippen molar-refractivity contribution in [3.05, 3.63) is 52.5 Å². The Morgan fingerprint density at radius 1 is 1.43 bits per heavy atom. The van der Waals surface area contributed by atoms with Crippen LogP contribution in [0.4, 0.5) is 0 Å². The predicted octanol–water partition coefficient (Wildman–Crippen LogP) is 2.57. The van der Waals surface area contributed by atoms with E-state index in [9.17, 15) is 4.79 Å². The summed E-state index contributed by atoms with van der Waals surface area (Å²) in [6.07, 6.45) is 3.87. The Morgan fingerprint density at radius 2 is 2.36 bits per heavy atom. The van der Waals surface area contributed by atoms with Gasteiger partial charge in [0, 0.05) is 29.8 Å². The van der Waals surface area contributed by atoms with Crippen LogP contribution in [-0.2, 0) is 6.42 Å². The maximum Gasteiger partial charge on any atom is 0.168 e. The van der Waals surface area contributed by atoms with E-state index in [4.69, 9.17) is 0 Å². The molecule has 3 heteroatoms. The Labute approximate surface area is 86.2 Å². The standard InChI is InChI=1S/C11H9NOS/c13-11(10-3-5-14-8-10)6-9-2-1-4-12-7-9/h1-5,7-8H,6H2. The maximum atomic E-state index is 11.7. The largest absolute Gasteiger partial charge is 0.294 e. The van der Waals surface area contributed by atoms with E-state index in [1.807, 2.05) is 29.0 Å². The zero-order chi connectivity index (χ0) is 9.80. The Kier molecular flexibility index (Phi) is 2.70. The molecule has 0 aliphatic rings. The van der Waals surface area contributed by atoms with E-state index in [-0.39, 0.29) is 5.78 Å². The van der Waals surface area contributed by atoms with Crippen LogP contribution in [0.1, 0.15) is 15.9 Å². The zero-order valence-electron chi connectivity index (χ0n) is 7.51. The molecule has 0 amide bonds. The zero-order valence-corrected chi connectivity index (χ0v) is 8.33. The van der Waals surface area contributed by atoms with Crippen LogP contribution in [0.25, 0.3) is 0 Å². The quantitative estimate of drug-likeness (QED) is 0.717. The molecule has 14 heavy (non-hydrogen) atoms. The van der Waals surface area contributed by atoms with Crippen molar-refractivity contribution < 1.29 is 4.79 Å². The van der Waals surface area contributed by atoms with Crippen molar-refractivity contribution in [2.24, 2.45) is 0 Å². The van der Waals surface area contributed by atoms with Gasteiger partial charge in [0.2, 0.25) is 0 Å². The molecule has 0 fully saturated rings. The number of ketones is 1. The number of rotatable bonds is 3. The van der Waals surface area contributed by atoms with Crippen LogP contribution in [-0.4, -0.2) is 10.8 Å². The number of aromatic nitrogens is 1. The van der Waals surface area contributed by atoms with Crippen LogP contribution in [0, 0.1) is 0 Å². The third-order valence-corrected chi connectivity index (χ3v) is 2.61. The van der Waals surface area contributed by atoms with Crippen LogP contribution in [0.5, 0.6) is 0 Å². The first-order chi connectivity index (χ1) is 6.86. The Bertz CT molecular complexity index is 408. The van der Waals surface area contributed by atoms with Crippen LogP contribution in [0.2, 0.25) is 0 Å². The number of hydrogen-bond donors (Lipinski definition) is 0. The number of carbonyl (C=O) groups excluding carboxylic acids is 1. The van der Waals surface area contributed by atoms with Gasteiger partial charge in [0.05, 0.1) is 0 Å². The fraction of sp³-hybridized carbons (Fsp3) is 0.0909. The summed E-state index contributed by atoms with van der Waals surface area (Å²) in [7, 11) is 0. The van der Waals surface area contributed by atoms with Crippen LogP contribution < -0.4 is 0 Å². The summed E-state index contributed by atoms with van der Waals surface area (Å²) in [5.41, 5.74) is 1.75. The highest BCUT2D eigenvalue weighted by atomic mass is 32.1. The Morgan fingerprint density at radius 3 is 3.00 bits per heavy atom. The summed E-state index contributed by atoms with van der Waals surface area (Å²) in [6.45, 7) is 0. The number of nitrogens with zero attached hydrogens (tertiary/aromatic N) is 1. The lowest BCUT2D eigenvalue weighted by Gasteiger charge is -1.97. The third kappa shape index (κ3) is 2.06. The predicted molar refractivity (Wildman–Crippen MR) is 56.6 cm³/mol. The van der Waals surface area contributed by atoms with E-state index in [0.717, 1.165) is 11.1 Å². The fourth-order valence-corrected chi connectivity index (χ4v) is 1.87. The van der Waals surface area contributed by atoms with Gasteiger partial charge in [0.25, 0.3) is 0 Å². The molecular weight excluding hydrogens is 194 g/mol. The van der Waals surface area contributed by atoms with Crippen molar-refractivity contribution in [3.8, 4) is 0 Å². The van der Waals surface area contributed by atoms with Crippen LogP contribution in [0.3, 0.4) is 0 Å². The summed E-state index contributed by atoms with van der Waals surface area (Å²) in [4.78, 5) is 15.6. The van der Waals surface area contributed by atoms with Gasteiger partial charge in [-0.1, -0.05) is 6.07 Å². The smallest absolute Gasteiger partial charge is 0.168 e. The molecule has 0 aliphatic heterocycles. The summed E-state index contributed by atoms with van der Waals surface area (Å²) in [5, 5.41) is 3.79. The van der Waals surface area contributed by atoms with E-state index in [1.165, 1.54) is 0 Å². The molecule has 2 aromatic heterocycles. The molecule has 0 aromatic carbocycles. The van der Waals surface area contributed by atoms with E-state index >= 15 is 0 Å². The van der Waals surface area contributed by atoms with Crippen molar-refractivity contribution in [1.29, 1.82) is 0 Å². The average molecular weight is 203 g/mol. The second-order valence-electron chi connectivity index (χ2n) is 2.97. The van der Waals surface area contributed by atoms with Crippen LogP contribution >= 0.6 is 11.3 Å². The molecule has 0 unspecified atom stereocenters. The Balaban J connectivity index is 2.10. The van der Waals surface area contributed by atoms with E-state index in [0.29, 0.717) is 6.42 Å². The summed E-state index contributed by atoms with van der Waals surface area (Å²) < 4.78 is 0. The Hall–Kier alpha value is -1.48. The number of pyridine rings is 1. The van der Waals surface area contributed by atoms with Crippen molar-refractivity contribution in [3.63, 3.8) is 0 Å². The molecule has 2 nitrogen and oxygen atoms in total. The van der Waals surface area contributed by atoms with Crippen molar-refractivity contribution in [2.75, 3.05) is 0 Å². The molecular formula is C11H9NOS. The molecule has 0 saturated carbocycles. The average Bonchev–Trinajstić information content (AvgIpc) is 2.72. The van der Waals surface area contributed by atoms with Gasteiger partial charge in [0.1, 0.15) is 0 Å². The molecule has 0 aliphatic carbocycles. The monoisotopic (exact) mass is 203 g/mol. The number of carbonyl (C=O) groups is 1. The molecule has 0 N–H and O–H groups in total. The van der Waals surface area contributed by atoms with Crippen molar-refractivity contribution in [2.45, 2.75) is 6.42 Å². The summed E-state index contributed by atoms with van der Waals surface area (Å²) in [6, 6.07) is 5.61. The molecule has 0 bridgehead atoms. The van der Waals surface area contributed by atoms with Gasteiger partial charge in [-0.2, -0.15) is 11.3 Å². The molecule has 0 atom stereocenters. The minimum Gasteiger partial charge on any atom is -0.294 e. The maximum absolute atomic E-state index is 11.7. The lowest BCUT2D eigenvalue weighted by atomic mass is 10.1. The molecule has 2 rings (SSSR count). The fourth-order valence-electron chi connectivity index (χ4n) is 1.21. The molecule has 2 heterocycles. The molecule has 0 spiro atoms. The number of thiophene rings is 1. The minimum absolute atomic E-state index is 0.152. The van der Waals surface area contributed by atoms with Gasteiger partial charge >= 0.3 is 0 Å². The van der Waals surface area contributed by atoms with Gasteiger partial charge in [-0.25, -0.2) is 0 Å². The first-order valence-corrected chi connectivity index (χ1v) is 5.25. The molecule has 70 valence electrons. The van der Waals surface area contributed by atoms with Gasteiger partial charge in [-0.3, -0.25) is 9.78 Å². The highest BCUT2D eigenvalue weighted by Gasteiger charge is 2.06. The molecule has 0 radical (unpaired) electrons. The van der Waals surface area contributed by atoms with Crippen molar-refractivity contribution >= 4 is 17.1 Å². The van der Waals surface area contributed by atoms with Crippen LogP contribution in [0.15, 0.2) is 41.4 Å². The molecule has 0 saturated heterocycles. The van der Waals surface area contributed by atoms with Crippen molar-refractivity contribution in [1.82, 2.24) is 4.98 Å². The number of Topliss-reactive ketones (excluding diaryl/α,β-unsaturated/α-hetero) is 1. The third-order valence-electron chi connectivity index (χ3n) is 1.93. The highest BCUT2D eigenvalue weighted by molar-refractivity contribution is 7.08. The van der Waals surface area contributed by atoms with Gasteiger partial charge in [-0.05, 0) is 23.1 Å². The second kappa shape index (κ2) is 4.15. The van der Waals surface area contributed by atoms with E-state index in [1.54, 1.807) is 23.7 Å². The van der Waals surface area contributed by atoms with Gasteiger partial charge in [-0.15, -0.1) is 0 Å². The minimum atomic E-state index is 0.152. The van der Waals surface area contributed by atoms with Gasteiger partial charge in [0.15, 0.2) is 5.78 Å². The first kappa shape index (κ1) is 9.09. The topological polar surface area (TPSA) is 30.0 Å². The summed E-state index contributed by atoms with van der Waals surface area (Å²) in [5.74, 6) is 0.152. The second-order valence-corrected chi connectivity index (χ2v) is 3.75. The van der Waals surface area contributed by atoms with E-state index in [2.05, 4.69) is 4.98 Å². The SMILES string of the molecule is O=C(Cc1cccnc1)c1ccsc1. The summed E-state index contributed by atoms with van der Waals surface area (Å²) >= 11 is 1.54. The van der Waals surface area contributed by atoms with Gasteiger partial charge < -0.3 is 0 Å².